The van der Waals surface area contributed by atoms with Crippen LogP contribution in [0.15, 0.2) is 42.6 Å². The molecule has 8 nitrogen and oxygen atoms in total. The monoisotopic (exact) mass is 469 g/mol. The molecule has 0 saturated carbocycles. The number of hydrogen-bond acceptors (Lipinski definition) is 4. The molecule has 4 heterocycles. The van der Waals surface area contributed by atoms with Gasteiger partial charge in [0.2, 0.25) is 5.69 Å². The summed E-state index contributed by atoms with van der Waals surface area (Å²) < 4.78 is 18.3. The van der Waals surface area contributed by atoms with Crippen LogP contribution >= 0.6 is 0 Å². The number of carbonyl (C=O) groups excluding carboxylic acids is 1. The zero-order chi connectivity index (χ0) is 24.3. The fourth-order valence-corrected chi connectivity index (χ4v) is 5.26. The fraction of sp³-hybridized carbons (Fsp3) is 0.308. The van der Waals surface area contributed by atoms with E-state index in [9.17, 15) is 9.18 Å². The molecule has 2 aliphatic rings. The van der Waals surface area contributed by atoms with E-state index < -0.39 is 5.82 Å². The summed E-state index contributed by atoms with van der Waals surface area (Å²) in [5, 5.41) is 8.76. The number of amides is 1. The number of carbonyl (C=O) groups is 1. The lowest BCUT2D eigenvalue weighted by molar-refractivity contribution is 0.0760. The molecular formula is C26H24FN7O. The Morgan fingerprint density at radius 2 is 2.06 bits per heavy atom. The van der Waals surface area contributed by atoms with Crippen LogP contribution in [0.25, 0.3) is 32.8 Å². The molecule has 35 heavy (non-hydrogen) atoms. The Balaban J connectivity index is 1.49. The molecule has 4 aromatic rings. The largest absolute Gasteiger partial charge is 0.335 e. The minimum atomic E-state index is -0.613. The Bertz CT molecular complexity index is 1540. The first-order chi connectivity index (χ1) is 16.9. The zero-order valence-electron chi connectivity index (χ0n) is 19.5. The summed E-state index contributed by atoms with van der Waals surface area (Å²) in [6, 6.07) is 10.3. The van der Waals surface area contributed by atoms with Gasteiger partial charge in [0, 0.05) is 42.3 Å². The van der Waals surface area contributed by atoms with Gasteiger partial charge in [-0.15, -0.1) is 0 Å². The molecule has 1 N–H and O–H groups in total. The Hall–Kier alpha value is -4.03. The summed E-state index contributed by atoms with van der Waals surface area (Å²) >= 11 is 0. The van der Waals surface area contributed by atoms with Gasteiger partial charge in [-0.05, 0) is 50.6 Å². The highest BCUT2D eigenvalue weighted by Gasteiger charge is 2.44. The molecule has 176 valence electrons. The van der Waals surface area contributed by atoms with Crippen LogP contribution in [0.2, 0.25) is 0 Å². The minimum Gasteiger partial charge on any atom is -0.335 e. The van der Waals surface area contributed by atoms with E-state index in [4.69, 9.17) is 11.6 Å². The molecular weight excluding hydrogens is 445 g/mol. The number of aromatic nitrogens is 4. The topological polar surface area (TPSA) is 72.3 Å². The van der Waals surface area contributed by atoms with Crippen molar-refractivity contribution >= 4 is 22.5 Å². The van der Waals surface area contributed by atoms with Gasteiger partial charge < -0.3 is 10.2 Å². The third-order valence-corrected chi connectivity index (χ3v) is 7.37. The van der Waals surface area contributed by atoms with Crippen molar-refractivity contribution in [1.29, 1.82) is 0 Å². The van der Waals surface area contributed by atoms with E-state index in [1.165, 1.54) is 12.1 Å². The molecule has 1 amide bonds. The maximum atomic E-state index is 14.6. The molecule has 1 atom stereocenters. The van der Waals surface area contributed by atoms with Gasteiger partial charge in [-0.1, -0.05) is 12.1 Å². The molecule has 1 unspecified atom stereocenters. The Labute approximate surface area is 201 Å². The number of nitrogens with zero attached hydrogens (tertiary/aromatic N) is 6. The van der Waals surface area contributed by atoms with Gasteiger partial charge in [0.25, 0.3) is 5.91 Å². The summed E-state index contributed by atoms with van der Waals surface area (Å²) in [7, 11) is 1.88. The number of imidazole rings is 1. The van der Waals surface area contributed by atoms with Crippen LogP contribution in [-0.4, -0.2) is 55.3 Å². The Kier molecular flexibility index (Phi) is 4.76. The molecule has 2 fully saturated rings. The quantitative estimate of drug-likeness (QED) is 0.461. The second-order valence-electron chi connectivity index (χ2n) is 9.43. The van der Waals surface area contributed by atoms with Crippen LogP contribution in [-0.2, 0) is 7.05 Å². The highest BCUT2D eigenvalue weighted by Crippen LogP contribution is 2.34. The molecule has 0 bridgehead atoms. The van der Waals surface area contributed by atoms with Crippen LogP contribution in [0.4, 0.5) is 10.1 Å². The van der Waals surface area contributed by atoms with E-state index >= 15 is 0 Å². The maximum absolute atomic E-state index is 14.6. The van der Waals surface area contributed by atoms with Crippen molar-refractivity contribution in [1.82, 2.24) is 29.5 Å². The van der Waals surface area contributed by atoms with Crippen molar-refractivity contribution in [2.45, 2.75) is 25.3 Å². The van der Waals surface area contributed by atoms with E-state index in [0.717, 1.165) is 36.0 Å². The lowest BCUT2D eigenvalue weighted by atomic mass is 9.87. The molecule has 2 aromatic heterocycles. The van der Waals surface area contributed by atoms with E-state index in [0.29, 0.717) is 35.9 Å². The predicted molar refractivity (Wildman–Crippen MR) is 130 cm³/mol. The van der Waals surface area contributed by atoms with Crippen molar-refractivity contribution < 1.29 is 9.18 Å². The van der Waals surface area contributed by atoms with Crippen molar-refractivity contribution in [3.05, 3.63) is 71.2 Å². The number of nitrogens with one attached hydrogen (secondary N) is 1. The number of likely N-dealkylation sites (tertiary alicyclic amines) is 1. The van der Waals surface area contributed by atoms with Crippen LogP contribution in [0.5, 0.6) is 0 Å². The maximum Gasteiger partial charge on any atom is 0.274 e. The molecule has 9 heteroatoms. The molecule has 0 radical (unpaired) electrons. The second-order valence-corrected chi connectivity index (χ2v) is 9.43. The summed E-state index contributed by atoms with van der Waals surface area (Å²) in [6.45, 7) is 11.4. The molecule has 2 aliphatic heterocycles. The lowest BCUT2D eigenvalue weighted by Crippen LogP contribution is -2.58. The zero-order valence-corrected chi connectivity index (χ0v) is 19.5. The van der Waals surface area contributed by atoms with Crippen molar-refractivity contribution in [3.63, 3.8) is 0 Å². The number of halogens is 1. The first-order valence-corrected chi connectivity index (χ1v) is 11.6. The molecule has 0 aliphatic carbocycles. The number of benzene rings is 2. The highest BCUT2D eigenvalue weighted by atomic mass is 19.1. The van der Waals surface area contributed by atoms with Gasteiger partial charge in [-0.3, -0.25) is 14.0 Å². The van der Waals surface area contributed by atoms with E-state index in [2.05, 4.69) is 15.3 Å². The predicted octanol–water partition coefficient (Wildman–Crippen LogP) is 4.00. The average molecular weight is 470 g/mol. The summed E-state index contributed by atoms with van der Waals surface area (Å²) in [4.78, 5) is 23.5. The van der Waals surface area contributed by atoms with Crippen molar-refractivity contribution in [3.8, 4) is 17.1 Å². The standard InChI is InChI=1S/C26H24FN7O/c1-16-23(25(35)33-11-9-26(15-33)8-10-29-26)31-24(17-4-6-21(28-2)20(27)13-17)34(16)19-5-7-22-18(12-19)14-30-32(22)3/h4-7,12-14,29H,8-11,15H2,1,3H3. The van der Waals surface area contributed by atoms with Crippen molar-refractivity contribution in [2.75, 3.05) is 19.6 Å². The van der Waals surface area contributed by atoms with E-state index in [1.54, 1.807) is 16.9 Å². The first kappa shape index (κ1) is 21.5. The van der Waals surface area contributed by atoms with Crippen LogP contribution in [0, 0.1) is 19.3 Å². The third-order valence-electron chi connectivity index (χ3n) is 7.37. The van der Waals surface area contributed by atoms with Gasteiger partial charge >= 0.3 is 0 Å². The van der Waals surface area contributed by atoms with Crippen LogP contribution < -0.4 is 5.32 Å². The molecule has 6 rings (SSSR count). The van der Waals surface area contributed by atoms with Gasteiger partial charge in [-0.25, -0.2) is 14.2 Å². The van der Waals surface area contributed by atoms with Gasteiger partial charge in [-0.2, -0.15) is 5.10 Å². The summed E-state index contributed by atoms with van der Waals surface area (Å²) in [5.41, 5.74) is 3.32. The SMILES string of the molecule is [C-]#[N+]c1ccc(-c2nc(C(=O)N3CCC4(CCN4)C3)c(C)n2-c2ccc3c(cnn3C)c2)cc1F. The van der Waals surface area contributed by atoms with Gasteiger partial charge in [0.05, 0.1) is 24.0 Å². The average Bonchev–Trinajstić information content (AvgIpc) is 3.54. The third kappa shape index (κ3) is 3.33. The van der Waals surface area contributed by atoms with Crippen LogP contribution in [0.1, 0.15) is 29.0 Å². The first-order valence-electron chi connectivity index (χ1n) is 11.6. The van der Waals surface area contributed by atoms with E-state index in [1.807, 2.05) is 41.6 Å². The normalized spacial score (nSPS) is 19.3. The van der Waals surface area contributed by atoms with Crippen molar-refractivity contribution in [2.24, 2.45) is 7.05 Å². The highest BCUT2D eigenvalue weighted by molar-refractivity contribution is 5.95. The Morgan fingerprint density at radius 3 is 2.74 bits per heavy atom. The number of aryl methyl sites for hydroxylation is 1. The second kappa shape index (κ2) is 7.75. The molecule has 2 aromatic carbocycles. The summed E-state index contributed by atoms with van der Waals surface area (Å²) in [6.07, 6.45) is 3.80. The fourth-order valence-electron chi connectivity index (χ4n) is 5.26. The molecule has 1 spiro atoms. The molecule has 2 saturated heterocycles. The van der Waals surface area contributed by atoms with E-state index in [-0.39, 0.29) is 17.1 Å². The number of hydrogen-bond donors (Lipinski definition) is 1. The minimum absolute atomic E-state index is 0.0407. The smallest absolute Gasteiger partial charge is 0.274 e. The van der Waals surface area contributed by atoms with Gasteiger partial charge in [0.15, 0.2) is 0 Å². The Morgan fingerprint density at radius 1 is 1.23 bits per heavy atom. The number of fused-ring (bicyclic) bond motifs is 1. The lowest BCUT2D eigenvalue weighted by Gasteiger charge is -2.39. The summed E-state index contributed by atoms with van der Waals surface area (Å²) in [5.74, 6) is -0.271. The van der Waals surface area contributed by atoms with Crippen LogP contribution in [0.3, 0.4) is 0 Å². The number of rotatable bonds is 3. The van der Waals surface area contributed by atoms with Gasteiger partial charge in [0.1, 0.15) is 17.3 Å².